The van der Waals surface area contributed by atoms with Crippen LogP contribution in [0, 0.1) is 5.92 Å². The highest BCUT2D eigenvalue weighted by atomic mass is 16.5. The van der Waals surface area contributed by atoms with Crippen molar-refractivity contribution in [3.63, 3.8) is 0 Å². The third-order valence-electron chi connectivity index (χ3n) is 6.97. The van der Waals surface area contributed by atoms with Crippen molar-refractivity contribution >= 4 is 10.9 Å². The first-order valence-corrected chi connectivity index (χ1v) is 12.6. The lowest BCUT2D eigenvalue weighted by Crippen LogP contribution is -2.32. The number of likely N-dealkylation sites (tertiary alicyclic amines) is 1. The molecule has 176 valence electrons. The molecule has 0 radical (unpaired) electrons. The summed E-state index contributed by atoms with van der Waals surface area (Å²) in [6, 6.07) is 23.7. The number of rotatable bonds is 8. The summed E-state index contributed by atoms with van der Waals surface area (Å²) in [5, 5.41) is 1.33. The van der Waals surface area contributed by atoms with E-state index in [0.717, 1.165) is 50.3 Å². The number of nitrogens with zero attached hydrogens (tertiary/aromatic N) is 2. The number of hydrogen-bond donors (Lipinski definition) is 1. The minimum absolute atomic E-state index is 0.516. The number of fused-ring (bicyclic) bond motifs is 1. The van der Waals surface area contributed by atoms with E-state index in [9.17, 15) is 0 Å². The van der Waals surface area contributed by atoms with E-state index in [2.05, 4.69) is 89.4 Å². The van der Waals surface area contributed by atoms with Crippen molar-refractivity contribution in [3.8, 4) is 17.1 Å². The minimum atomic E-state index is 0.516. The van der Waals surface area contributed by atoms with Crippen molar-refractivity contribution in [1.29, 1.82) is 0 Å². The quantitative estimate of drug-likeness (QED) is 0.311. The molecule has 0 amide bonds. The van der Waals surface area contributed by atoms with Gasteiger partial charge in [-0.3, -0.25) is 4.90 Å². The molecule has 2 aromatic heterocycles. The van der Waals surface area contributed by atoms with Crippen molar-refractivity contribution in [1.82, 2.24) is 14.9 Å². The summed E-state index contributed by atoms with van der Waals surface area (Å²) in [5.74, 6) is 1.86. The van der Waals surface area contributed by atoms with E-state index in [0.29, 0.717) is 18.4 Å². The Labute approximate surface area is 203 Å². The van der Waals surface area contributed by atoms with Gasteiger partial charge in [0, 0.05) is 23.6 Å². The zero-order valence-electron chi connectivity index (χ0n) is 20.3. The number of aromatic nitrogens is 2. The molecule has 0 saturated carbocycles. The molecular formula is C30H35N3O. The van der Waals surface area contributed by atoms with Gasteiger partial charge in [-0.25, -0.2) is 4.98 Å². The summed E-state index contributed by atoms with van der Waals surface area (Å²) in [6.45, 7) is 8.40. The number of benzene rings is 2. The van der Waals surface area contributed by atoms with E-state index >= 15 is 0 Å². The summed E-state index contributed by atoms with van der Waals surface area (Å²) in [5.41, 5.74) is 6.26. The molecule has 0 aliphatic carbocycles. The number of H-pyrrole nitrogens is 1. The van der Waals surface area contributed by atoms with Gasteiger partial charge in [-0.1, -0.05) is 62.4 Å². The largest absolute Gasteiger partial charge is 0.477 e. The highest BCUT2D eigenvalue weighted by Gasteiger charge is 2.27. The van der Waals surface area contributed by atoms with Crippen molar-refractivity contribution in [2.24, 2.45) is 5.92 Å². The number of pyridine rings is 1. The zero-order chi connectivity index (χ0) is 23.3. The van der Waals surface area contributed by atoms with Gasteiger partial charge in [0.05, 0.1) is 17.9 Å². The maximum atomic E-state index is 6.18. The first-order chi connectivity index (χ1) is 16.7. The van der Waals surface area contributed by atoms with Crippen LogP contribution in [-0.2, 0) is 6.54 Å². The molecule has 34 heavy (non-hydrogen) atoms. The fraction of sp³-hybridized carbons (Fsp3) is 0.367. The van der Waals surface area contributed by atoms with Gasteiger partial charge in [0.1, 0.15) is 0 Å². The molecule has 4 heteroatoms. The maximum Gasteiger partial charge on any atom is 0.222 e. The van der Waals surface area contributed by atoms with Gasteiger partial charge in [0.25, 0.3) is 0 Å². The lowest BCUT2D eigenvalue weighted by Gasteiger charge is -2.32. The molecule has 0 spiro atoms. The van der Waals surface area contributed by atoms with Crippen molar-refractivity contribution in [2.45, 2.75) is 45.6 Å². The van der Waals surface area contributed by atoms with Gasteiger partial charge in [0.2, 0.25) is 5.88 Å². The minimum Gasteiger partial charge on any atom is -0.477 e. The molecule has 0 bridgehead atoms. The Morgan fingerprint density at radius 1 is 0.971 bits per heavy atom. The van der Waals surface area contributed by atoms with Gasteiger partial charge >= 0.3 is 0 Å². The normalized spacial score (nSPS) is 15.3. The van der Waals surface area contributed by atoms with Crippen LogP contribution in [0.1, 0.15) is 50.2 Å². The second-order valence-corrected chi connectivity index (χ2v) is 9.88. The maximum absolute atomic E-state index is 6.18. The van der Waals surface area contributed by atoms with Gasteiger partial charge in [-0.15, -0.1) is 0 Å². The van der Waals surface area contributed by atoms with Gasteiger partial charge < -0.3 is 9.72 Å². The number of hydrogen-bond acceptors (Lipinski definition) is 3. The Morgan fingerprint density at radius 3 is 2.53 bits per heavy atom. The number of piperidine rings is 1. The van der Waals surface area contributed by atoms with Crippen LogP contribution < -0.4 is 4.74 Å². The van der Waals surface area contributed by atoms with Gasteiger partial charge in [-0.2, -0.15) is 0 Å². The molecular weight excluding hydrogens is 418 g/mol. The van der Waals surface area contributed by atoms with Crippen molar-refractivity contribution in [3.05, 3.63) is 84.1 Å². The van der Waals surface area contributed by atoms with E-state index in [4.69, 9.17) is 4.74 Å². The average molecular weight is 454 g/mol. The fourth-order valence-corrected chi connectivity index (χ4v) is 5.11. The van der Waals surface area contributed by atoms with E-state index in [1.807, 2.05) is 12.3 Å². The van der Waals surface area contributed by atoms with Crippen LogP contribution in [0.25, 0.3) is 22.2 Å². The third-order valence-corrected chi connectivity index (χ3v) is 6.97. The summed E-state index contributed by atoms with van der Waals surface area (Å²) >= 11 is 0. The molecule has 0 atom stereocenters. The molecule has 1 N–H and O–H groups in total. The molecule has 1 fully saturated rings. The predicted molar refractivity (Wildman–Crippen MR) is 140 cm³/mol. The monoisotopic (exact) mass is 453 g/mol. The Kier molecular flexibility index (Phi) is 6.96. The summed E-state index contributed by atoms with van der Waals surface area (Å²) in [7, 11) is 0. The van der Waals surface area contributed by atoms with E-state index in [-0.39, 0.29) is 0 Å². The van der Waals surface area contributed by atoms with Crippen LogP contribution in [0.4, 0.5) is 0 Å². The Balaban J connectivity index is 1.42. The lowest BCUT2D eigenvalue weighted by molar-refractivity contribution is 0.205. The summed E-state index contributed by atoms with van der Waals surface area (Å²) in [6.07, 6.45) is 5.17. The first kappa shape index (κ1) is 22.7. The molecule has 4 nitrogen and oxygen atoms in total. The van der Waals surface area contributed by atoms with Gasteiger partial charge in [0.15, 0.2) is 0 Å². The van der Waals surface area contributed by atoms with Crippen molar-refractivity contribution in [2.75, 3.05) is 19.7 Å². The Bertz CT molecular complexity index is 1210. The van der Waals surface area contributed by atoms with Crippen LogP contribution in [0.3, 0.4) is 0 Å². The molecule has 5 rings (SSSR count). The SMILES string of the molecule is CC(C)CCOc1ncccc1-c1[nH]c2ccccc2c1C1CCN(Cc2ccccc2)CC1. The second kappa shape index (κ2) is 10.4. The molecule has 1 aliphatic rings. The lowest BCUT2D eigenvalue weighted by atomic mass is 9.86. The molecule has 1 saturated heterocycles. The first-order valence-electron chi connectivity index (χ1n) is 12.6. The number of para-hydroxylation sites is 1. The van der Waals surface area contributed by atoms with E-state index in [1.54, 1.807) is 0 Å². The van der Waals surface area contributed by atoms with Crippen LogP contribution in [-0.4, -0.2) is 34.6 Å². The topological polar surface area (TPSA) is 41.1 Å². The number of nitrogens with one attached hydrogen (secondary N) is 1. The zero-order valence-corrected chi connectivity index (χ0v) is 20.3. The fourth-order valence-electron chi connectivity index (χ4n) is 5.11. The number of aromatic amines is 1. The highest BCUT2D eigenvalue weighted by molar-refractivity contribution is 5.92. The molecule has 2 aromatic carbocycles. The third kappa shape index (κ3) is 5.02. The van der Waals surface area contributed by atoms with Gasteiger partial charge in [-0.05, 0) is 73.5 Å². The van der Waals surface area contributed by atoms with Crippen molar-refractivity contribution < 1.29 is 4.74 Å². The Morgan fingerprint density at radius 2 is 1.74 bits per heavy atom. The van der Waals surface area contributed by atoms with Crippen LogP contribution in [0.2, 0.25) is 0 Å². The van der Waals surface area contributed by atoms with Crippen LogP contribution in [0.15, 0.2) is 72.9 Å². The average Bonchev–Trinajstić information content (AvgIpc) is 3.25. The summed E-state index contributed by atoms with van der Waals surface area (Å²) in [4.78, 5) is 10.9. The molecule has 4 aromatic rings. The molecule has 3 heterocycles. The van der Waals surface area contributed by atoms with E-state index in [1.165, 1.54) is 27.7 Å². The van der Waals surface area contributed by atoms with Crippen LogP contribution >= 0.6 is 0 Å². The summed E-state index contributed by atoms with van der Waals surface area (Å²) < 4.78 is 6.18. The second-order valence-electron chi connectivity index (χ2n) is 9.88. The Hall–Kier alpha value is -3.11. The van der Waals surface area contributed by atoms with E-state index < -0.39 is 0 Å². The standard InChI is InChI=1S/C30H35N3O/c1-22(2)16-20-34-30-26(12-8-17-31-30)29-28(25-11-6-7-13-27(25)32-29)24-14-18-33(19-15-24)21-23-9-4-3-5-10-23/h3-13,17,22,24,32H,14-16,18-21H2,1-2H3. The molecule has 1 aliphatic heterocycles. The molecule has 0 unspecified atom stereocenters. The highest BCUT2D eigenvalue weighted by Crippen LogP contribution is 2.42. The van der Waals surface area contributed by atoms with Crippen LogP contribution in [0.5, 0.6) is 5.88 Å². The number of ether oxygens (including phenoxy) is 1. The predicted octanol–water partition coefficient (Wildman–Crippen LogP) is 7.03. The smallest absolute Gasteiger partial charge is 0.222 e.